The summed E-state index contributed by atoms with van der Waals surface area (Å²) >= 11 is 6.09. The third-order valence-corrected chi connectivity index (χ3v) is 5.21. The lowest BCUT2D eigenvalue weighted by Crippen LogP contribution is -2.29. The van der Waals surface area contributed by atoms with Gasteiger partial charge in [0.25, 0.3) is 5.91 Å². The first-order chi connectivity index (χ1) is 16.4. The van der Waals surface area contributed by atoms with Crippen molar-refractivity contribution in [1.29, 1.82) is 0 Å². The van der Waals surface area contributed by atoms with Crippen molar-refractivity contribution in [2.45, 2.75) is 26.6 Å². The molecule has 1 heterocycles. The second-order valence-corrected chi connectivity index (χ2v) is 7.79. The third kappa shape index (κ3) is 7.08. The Morgan fingerprint density at radius 1 is 1.15 bits per heavy atom. The Hall–Kier alpha value is -3.84. The highest BCUT2D eigenvalue weighted by Crippen LogP contribution is 2.31. The second kappa shape index (κ2) is 11.9. The Morgan fingerprint density at radius 3 is 2.59 bits per heavy atom. The van der Waals surface area contributed by atoms with Crippen LogP contribution in [0.5, 0.6) is 11.5 Å². The summed E-state index contributed by atoms with van der Waals surface area (Å²) in [4.78, 5) is 28.8. The number of anilines is 1. The van der Waals surface area contributed by atoms with Crippen molar-refractivity contribution < 1.29 is 23.8 Å². The van der Waals surface area contributed by atoms with E-state index in [1.54, 1.807) is 36.5 Å². The smallest absolute Gasteiger partial charge is 0.331 e. The van der Waals surface area contributed by atoms with E-state index < -0.39 is 18.0 Å². The van der Waals surface area contributed by atoms with Crippen molar-refractivity contribution in [3.05, 3.63) is 88.7 Å². The van der Waals surface area contributed by atoms with Crippen molar-refractivity contribution in [1.82, 2.24) is 4.98 Å². The summed E-state index contributed by atoms with van der Waals surface area (Å²) in [5.74, 6) is -0.0353. The zero-order valence-corrected chi connectivity index (χ0v) is 19.8. The van der Waals surface area contributed by atoms with Crippen LogP contribution in [0.25, 0.3) is 6.08 Å². The van der Waals surface area contributed by atoms with Crippen molar-refractivity contribution in [2.24, 2.45) is 0 Å². The van der Waals surface area contributed by atoms with Crippen LogP contribution in [-0.4, -0.2) is 30.1 Å². The van der Waals surface area contributed by atoms with E-state index in [0.717, 1.165) is 16.8 Å². The maximum atomic E-state index is 12.5. The predicted octanol–water partition coefficient (Wildman–Crippen LogP) is 5.21. The molecule has 3 aromatic rings. The van der Waals surface area contributed by atoms with Gasteiger partial charge in [-0.2, -0.15) is 0 Å². The van der Waals surface area contributed by atoms with Gasteiger partial charge in [0.2, 0.25) is 0 Å². The highest BCUT2D eigenvalue weighted by molar-refractivity contribution is 6.31. The van der Waals surface area contributed by atoms with Crippen molar-refractivity contribution in [2.75, 3.05) is 12.4 Å². The normalized spacial score (nSPS) is 11.6. The van der Waals surface area contributed by atoms with Crippen LogP contribution >= 0.6 is 11.6 Å². The molecule has 1 aromatic heterocycles. The molecule has 7 nitrogen and oxygen atoms in total. The highest BCUT2D eigenvalue weighted by atomic mass is 35.5. The molecule has 2 aromatic carbocycles. The number of amides is 1. The van der Waals surface area contributed by atoms with Crippen LogP contribution in [0, 0.1) is 6.92 Å². The monoisotopic (exact) mass is 480 g/mol. The SMILES string of the molecule is COc1cc(Cl)c(C)cc1NC(=O)[C@@H](C)OC(=O)/C=C/c1ccc(OCc2ccccn2)cc1. The summed E-state index contributed by atoms with van der Waals surface area (Å²) in [7, 11) is 1.48. The van der Waals surface area contributed by atoms with Crippen LogP contribution in [0.2, 0.25) is 5.02 Å². The number of pyridine rings is 1. The van der Waals surface area contributed by atoms with E-state index in [1.165, 1.54) is 20.1 Å². The standard InChI is InChI=1S/C26H25ClN2O5/c1-17-14-23(24(32-3)15-22(17)27)29-26(31)18(2)34-25(30)12-9-19-7-10-21(11-8-19)33-16-20-6-4-5-13-28-20/h4-15,18H,16H2,1-3H3,(H,29,31)/b12-9+/t18-/m1/s1. The summed E-state index contributed by atoms with van der Waals surface area (Å²) in [5.41, 5.74) is 2.83. The first-order valence-electron chi connectivity index (χ1n) is 10.5. The number of methoxy groups -OCH3 is 1. The molecule has 0 aliphatic rings. The summed E-state index contributed by atoms with van der Waals surface area (Å²) < 4.78 is 16.1. The molecule has 0 spiro atoms. The number of nitrogens with one attached hydrogen (secondary N) is 1. The first kappa shape index (κ1) is 24.8. The quantitative estimate of drug-likeness (QED) is 0.334. The zero-order chi connectivity index (χ0) is 24.5. The Bertz CT molecular complexity index is 1160. The second-order valence-electron chi connectivity index (χ2n) is 7.38. The van der Waals surface area contributed by atoms with E-state index in [0.29, 0.717) is 28.8 Å². The fraction of sp³-hybridized carbons (Fsp3) is 0.192. The van der Waals surface area contributed by atoms with Crippen molar-refractivity contribution >= 4 is 35.2 Å². The lowest BCUT2D eigenvalue weighted by Gasteiger charge is -2.15. The van der Waals surface area contributed by atoms with Gasteiger partial charge in [-0.25, -0.2) is 4.79 Å². The van der Waals surface area contributed by atoms with E-state index in [1.807, 2.05) is 37.3 Å². The number of benzene rings is 2. The molecule has 0 radical (unpaired) electrons. The summed E-state index contributed by atoms with van der Waals surface area (Å²) in [6.45, 7) is 3.67. The molecule has 0 unspecified atom stereocenters. The van der Waals surface area contributed by atoms with Crippen LogP contribution in [0.3, 0.4) is 0 Å². The maximum Gasteiger partial charge on any atom is 0.331 e. The Morgan fingerprint density at radius 2 is 1.91 bits per heavy atom. The van der Waals surface area contributed by atoms with E-state index >= 15 is 0 Å². The summed E-state index contributed by atoms with van der Waals surface area (Å²) in [6, 6.07) is 16.1. The van der Waals surface area contributed by atoms with E-state index in [-0.39, 0.29) is 0 Å². The molecular formula is C26H25ClN2O5. The van der Waals surface area contributed by atoms with Gasteiger partial charge in [0.1, 0.15) is 18.1 Å². The van der Waals surface area contributed by atoms with Crippen LogP contribution in [0.15, 0.2) is 66.9 Å². The number of rotatable bonds is 9. The summed E-state index contributed by atoms with van der Waals surface area (Å²) in [6.07, 6.45) is 3.56. The minimum absolute atomic E-state index is 0.365. The predicted molar refractivity (Wildman–Crippen MR) is 131 cm³/mol. The molecule has 34 heavy (non-hydrogen) atoms. The molecule has 0 saturated carbocycles. The van der Waals surface area contributed by atoms with Crippen LogP contribution < -0.4 is 14.8 Å². The molecule has 1 amide bonds. The molecule has 0 aliphatic carbocycles. The van der Waals surface area contributed by atoms with Crippen LogP contribution in [0.4, 0.5) is 5.69 Å². The lowest BCUT2D eigenvalue weighted by molar-refractivity contribution is -0.148. The average molecular weight is 481 g/mol. The van der Waals surface area contributed by atoms with E-state index in [2.05, 4.69) is 10.3 Å². The number of carbonyl (C=O) groups excluding carboxylic acids is 2. The molecule has 1 N–H and O–H groups in total. The number of ether oxygens (including phenoxy) is 3. The maximum absolute atomic E-state index is 12.5. The zero-order valence-electron chi connectivity index (χ0n) is 19.1. The van der Waals surface area contributed by atoms with Crippen LogP contribution in [0.1, 0.15) is 23.7 Å². The molecular weight excluding hydrogens is 456 g/mol. The first-order valence-corrected chi connectivity index (χ1v) is 10.9. The molecule has 0 saturated heterocycles. The average Bonchev–Trinajstić information content (AvgIpc) is 2.84. The topological polar surface area (TPSA) is 86.8 Å². The number of hydrogen-bond acceptors (Lipinski definition) is 6. The Labute approximate surface area is 203 Å². The van der Waals surface area contributed by atoms with Crippen molar-refractivity contribution in [3.63, 3.8) is 0 Å². The van der Waals surface area contributed by atoms with Gasteiger partial charge in [-0.05, 0) is 61.4 Å². The largest absolute Gasteiger partial charge is 0.495 e. The van der Waals surface area contributed by atoms with Gasteiger partial charge < -0.3 is 19.5 Å². The number of halogens is 1. The minimum Gasteiger partial charge on any atom is -0.495 e. The van der Waals surface area contributed by atoms with Gasteiger partial charge in [-0.3, -0.25) is 9.78 Å². The lowest BCUT2D eigenvalue weighted by atomic mass is 10.2. The van der Waals surface area contributed by atoms with Gasteiger partial charge in [-0.15, -0.1) is 0 Å². The number of carbonyl (C=O) groups is 2. The number of aromatic nitrogens is 1. The Balaban J connectivity index is 1.51. The highest BCUT2D eigenvalue weighted by Gasteiger charge is 2.19. The Kier molecular flexibility index (Phi) is 8.65. The van der Waals surface area contributed by atoms with E-state index in [9.17, 15) is 9.59 Å². The molecule has 176 valence electrons. The molecule has 3 rings (SSSR count). The van der Waals surface area contributed by atoms with Gasteiger partial charge in [0, 0.05) is 23.4 Å². The minimum atomic E-state index is -1.01. The number of aryl methyl sites for hydroxylation is 1. The molecule has 8 heteroatoms. The number of hydrogen-bond donors (Lipinski definition) is 1. The molecule has 0 bridgehead atoms. The number of esters is 1. The van der Waals surface area contributed by atoms with Gasteiger partial charge in [0.15, 0.2) is 6.10 Å². The fourth-order valence-corrected chi connectivity index (χ4v) is 3.07. The number of nitrogens with zero attached hydrogens (tertiary/aromatic N) is 1. The van der Waals surface area contributed by atoms with Crippen molar-refractivity contribution in [3.8, 4) is 11.5 Å². The van der Waals surface area contributed by atoms with Gasteiger partial charge in [-0.1, -0.05) is 29.8 Å². The van der Waals surface area contributed by atoms with Crippen LogP contribution in [-0.2, 0) is 20.9 Å². The molecule has 0 fully saturated rings. The van der Waals surface area contributed by atoms with Gasteiger partial charge >= 0.3 is 5.97 Å². The fourth-order valence-electron chi connectivity index (χ4n) is 2.91. The van der Waals surface area contributed by atoms with Gasteiger partial charge in [0.05, 0.1) is 18.5 Å². The van der Waals surface area contributed by atoms with E-state index in [4.69, 9.17) is 25.8 Å². The molecule has 1 atom stereocenters. The molecule has 0 aliphatic heterocycles. The third-order valence-electron chi connectivity index (χ3n) is 4.81. The summed E-state index contributed by atoms with van der Waals surface area (Å²) in [5, 5.41) is 3.22.